The predicted octanol–water partition coefficient (Wildman–Crippen LogP) is 2.97. The van der Waals surface area contributed by atoms with Crippen molar-refractivity contribution in [1.29, 1.82) is 0 Å². The fourth-order valence-electron chi connectivity index (χ4n) is 2.38. The quantitative estimate of drug-likeness (QED) is 0.887. The molecule has 0 fully saturated rings. The number of carbonyl (C=O) groups is 3. The predicted molar refractivity (Wildman–Crippen MR) is 99.3 cm³/mol. The van der Waals surface area contributed by atoms with Gasteiger partial charge >= 0.3 is 0 Å². The molecule has 0 spiro atoms. The maximum absolute atomic E-state index is 12.4. The monoisotopic (exact) mass is 355 g/mol. The number of hydrogen-bond donors (Lipinski definition) is 2. The summed E-state index contributed by atoms with van der Waals surface area (Å²) in [6.07, 6.45) is 0. The summed E-state index contributed by atoms with van der Waals surface area (Å²) in [4.78, 5) is 37.7. The van der Waals surface area contributed by atoms with Gasteiger partial charge in [-0.2, -0.15) is 0 Å². The second-order valence-corrected chi connectivity index (χ2v) is 6.64. The van der Waals surface area contributed by atoms with Crippen LogP contribution in [-0.4, -0.2) is 30.5 Å². The molecule has 0 saturated heterocycles. The first-order chi connectivity index (χ1) is 11.9. The number of hydrogen-bond acceptors (Lipinski definition) is 4. The van der Waals surface area contributed by atoms with Crippen LogP contribution in [0.2, 0.25) is 0 Å². The van der Waals surface area contributed by atoms with Crippen molar-refractivity contribution in [3.05, 3.63) is 48.0 Å². The Morgan fingerprint density at radius 1 is 1.16 bits per heavy atom. The Labute approximate surface area is 149 Å². The van der Waals surface area contributed by atoms with E-state index in [-0.39, 0.29) is 17.7 Å². The van der Waals surface area contributed by atoms with Crippen LogP contribution in [0.3, 0.4) is 0 Å². The molecule has 3 amide bonds. The lowest BCUT2D eigenvalue weighted by molar-refractivity contribution is -0.116. The number of nitrogens with zero attached hydrogens (tertiary/aromatic N) is 1. The second kappa shape index (κ2) is 6.98. The molecule has 0 aromatic heterocycles. The largest absolute Gasteiger partial charge is 0.324 e. The highest BCUT2D eigenvalue weighted by atomic mass is 32.2. The summed E-state index contributed by atoms with van der Waals surface area (Å²) in [5.74, 6) is -0.00846. The zero-order valence-electron chi connectivity index (χ0n) is 13.8. The summed E-state index contributed by atoms with van der Waals surface area (Å²) >= 11 is 1.45. The first kappa shape index (κ1) is 17.0. The van der Waals surface area contributed by atoms with Crippen LogP contribution in [0.1, 0.15) is 17.3 Å². The first-order valence-electron chi connectivity index (χ1n) is 7.66. The molecule has 3 rings (SSSR count). The van der Waals surface area contributed by atoms with Gasteiger partial charge in [0.05, 0.1) is 11.4 Å². The van der Waals surface area contributed by atoms with Gasteiger partial charge in [-0.05, 0) is 42.5 Å². The van der Waals surface area contributed by atoms with Crippen molar-refractivity contribution < 1.29 is 14.4 Å². The van der Waals surface area contributed by atoms with Gasteiger partial charge in [0.2, 0.25) is 11.8 Å². The molecule has 1 heterocycles. The Balaban J connectivity index is 1.73. The van der Waals surface area contributed by atoms with E-state index >= 15 is 0 Å². The molecule has 0 atom stereocenters. The van der Waals surface area contributed by atoms with Crippen molar-refractivity contribution in [2.45, 2.75) is 11.8 Å². The van der Waals surface area contributed by atoms with Crippen LogP contribution < -0.4 is 15.5 Å². The smallest absolute Gasteiger partial charge is 0.255 e. The number of thioether (sulfide) groups is 1. The molecule has 2 aromatic carbocycles. The van der Waals surface area contributed by atoms with Gasteiger partial charge in [-0.3, -0.25) is 14.4 Å². The molecule has 7 heteroatoms. The highest BCUT2D eigenvalue weighted by Crippen LogP contribution is 2.32. The summed E-state index contributed by atoms with van der Waals surface area (Å²) in [6.45, 7) is 1.49. The van der Waals surface area contributed by atoms with Crippen molar-refractivity contribution in [2.24, 2.45) is 0 Å². The summed E-state index contributed by atoms with van der Waals surface area (Å²) in [5, 5.41) is 5.58. The van der Waals surface area contributed by atoms with E-state index in [0.29, 0.717) is 22.7 Å². The standard InChI is InChI=1S/C18H17N3O3S/c1-11(22)21(2)14-6-4-13(5-7-14)19-18(24)12-3-8-16-15(9-12)20-17(23)10-25-16/h3-9H,10H2,1-2H3,(H,19,24)(H,20,23). The van der Waals surface area contributed by atoms with Crippen LogP contribution in [0.5, 0.6) is 0 Å². The van der Waals surface area contributed by atoms with Gasteiger partial charge in [0, 0.05) is 35.8 Å². The molecule has 25 heavy (non-hydrogen) atoms. The van der Waals surface area contributed by atoms with Gasteiger partial charge in [-0.25, -0.2) is 0 Å². The lowest BCUT2D eigenvalue weighted by Crippen LogP contribution is -2.22. The van der Waals surface area contributed by atoms with Crippen LogP contribution in [0, 0.1) is 0 Å². The van der Waals surface area contributed by atoms with E-state index in [1.807, 2.05) is 6.07 Å². The van der Waals surface area contributed by atoms with E-state index in [1.54, 1.807) is 43.4 Å². The minimum Gasteiger partial charge on any atom is -0.324 e. The van der Waals surface area contributed by atoms with E-state index in [9.17, 15) is 14.4 Å². The fraction of sp³-hybridized carbons (Fsp3) is 0.167. The molecule has 0 bridgehead atoms. The fourth-order valence-corrected chi connectivity index (χ4v) is 3.17. The van der Waals surface area contributed by atoms with Gasteiger partial charge in [0.25, 0.3) is 5.91 Å². The van der Waals surface area contributed by atoms with E-state index in [2.05, 4.69) is 10.6 Å². The normalized spacial score (nSPS) is 12.8. The molecule has 6 nitrogen and oxygen atoms in total. The van der Waals surface area contributed by atoms with Crippen molar-refractivity contribution >= 4 is 46.5 Å². The zero-order valence-corrected chi connectivity index (χ0v) is 14.6. The molecule has 1 aliphatic heterocycles. The lowest BCUT2D eigenvalue weighted by Gasteiger charge is -2.17. The molecule has 2 aromatic rings. The number of rotatable bonds is 3. The number of benzene rings is 2. The molecular weight excluding hydrogens is 338 g/mol. The molecule has 0 radical (unpaired) electrons. The van der Waals surface area contributed by atoms with Crippen LogP contribution >= 0.6 is 11.8 Å². The summed E-state index contributed by atoms with van der Waals surface area (Å²) < 4.78 is 0. The Hall–Kier alpha value is -2.80. The molecule has 128 valence electrons. The van der Waals surface area contributed by atoms with E-state index in [0.717, 1.165) is 10.6 Å². The maximum atomic E-state index is 12.4. The molecule has 0 saturated carbocycles. The van der Waals surface area contributed by atoms with Crippen molar-refractivity contribution in [2.75, 3.05) is 28.3 Å². The molecule has 0 unspecified atom stereocenters. The van der Waals surface area contributed by atoms with Crippen LogP contribution in [-0.2, 0) is 9.59 Å². The number of fused-ring (bicyclic) bond motifs is 1. The molecular formula is C18H17N3O3S. The summed E-state index contributed by atoms with van der Waals surface area (Å²) in [5.41, 5.74) is 2.50. The average Bonchev–Trinajstić information content (AvgIpc) is 2.61. The van der Waals surface area contributed by atoms with E-state index < -0.39 is 0 Å². The third-order valence-corrected chi connectivity index (χ3v) is 4.93. The van der Waals surface area contributed by atoms with Gasteiger partial charge < -0.3 is 15.5 Å². The summed E-state index contributed by atoms with van der Waals surface area (Å²) in [7, 11) is 1.69. The third-order valence-electron chi connectivity index (χ3n) is 3.86. The lowest BCUT2D eigenvalue weighted by atomic mass is 10.1. The van der Waals surface area contributed by atoms with E-state index in [1.165, 1.54) is 23.6 Å². The SMILES string of the molecule is CC(=O)N(C)c1ccc(NC(=O)c2ccc3c(c2)NC(=O)CS3)cc1. The number of anilines is 3. The topological polar surface area (TPSA) is 78.5 Å². The average molecular weight is 355 g/mol. The minimum absolute atomic E-state index is 0.0641. The van der Waals surface area contributed by atoms with Gasteiger partial charge in [0.15, 0.2) is 0 Å². The van der Waals surface area contributed by atoms with Crippen molar-refractivity contribution in [3.8, 4) is 0 Å². The minimum atomic E-state index is -0.264. The van der Waals surface area contributed by atoms with Crippen LogP contribution in [0.25, 0.3) is 0 Å². The maximum Gasteiger partial charge on any atom is 0.255 e. The number of amides is 3. The Kier molecular flexibility index (Phi) is 4.76. The van der Waals surface area contributed by atoms with Gasteiger partial charge in [-0.15, -0.1) is 11.8 Å². The molecule has 0 aliphatic carbocycles. The Morgan fingerprint density at radius 2 is 1.88 bits per heavy atom. The van der Waals surface area contributed by atoms with Crippen molar-refractivity contribution in [3.63, 3.8) is 0 Å². The van der Waals surface area contributed by atoms with Gasteiger partial charge in [0.1, 0.15) is 0 Å². The van der Waals surface area contributed by atoms with Gasteiger partial charge in [-0.1, -0.05) is 0 Å². The van der Waals surface area contributed by atoms with E-state index in [4.69, 9.17) is 0 Å². The number of carbonyl (C=O) groups excluding carboxylic acids is 3. The molecule has 1 aliphatic rings. The van der Waals surface area contributed by atoms with Crippen molar-refractivity contribution in [1.82, 2.24) is 0 Å². The third kappa shape index (κ3) is 3.83. The highest BCUT2D eigenvalue weighted by Gasteiger charge is 2.17. The zero-order chi connectivity index (χ0) is 18.0. The van der Waals surface area contributed by atoms with Crippen LogP contribution in [0.4, 0.5) is 17.1 Å². The summed E-state index contributed by atoms with van der Waals surface area (Å²) in [6, 6.07) is 12.2. The highest BCUT2D eigenvalue weighted by molar-refractivity contribution is 8.00. The molecule has 2 N–H and O–H groups in total. The Bertz CT molecular complexity index is 849. The van der Waals surface area contributed by atoms with Crippen LogP contribution in [0.15, 0.2) is 47.4 Å². The second-order valence-electron chi connectivity index (χ2n) is 5.63. The first-order valence-corrected chi connectivity index (χ1v) is 8.65. The Morgan fingerprint density at radius 3 is 2.56 bits per heavy atom. The number of nitrogens with one attached hydrogen (secondary N) is 2.